The second kappa shape index (κ2) is 5.73. The number of hydrogen-bond donors (Lipinski definition) is 1. The van der Waals surface area contributed by atoms with Crippen molar-refractivity contribution in [3.63, 3.8) is 0 Å². The Labute approximate surface area is 110 Å². The zero-order valence-corrected chi connectivity index (χ0v) is 10.7. The highest BCUT2D eigenvalue weighted by Gasteiger charge is 2.30. The van der Waals surface area contributed by atoms with Gasteiger partial charge in [0.25, 0.3) is 0 Å². The molecule has 0 spiro atoms. The Hall–Kier alpha value is -1.37. The molecular formula is C12H17F3N4. The maximum absolute atomic E-state index is 12.4. The zero-order valence-electron chi connectivity index (χ0n) is 10.7. The molecule has 1 saturated carbocycles. The van der Waals surface area contributed by atoms with Gasteiger partial charge >= 0.3 is 6.18 Å². The number of hydrogen-bond acceptors (Lipinski definition) is 4. The number of alkyl halides is 3. The molecule has 1 aliphatic carbocycles. The van der Waals surface area contributed by atoms with Gasteiger partial charge in [-0.2, -0.15) is 13.2 Å². The summed E-state index contributed by atoms with van der Waals surface area (Å²) in [6.07, 6.45) is 1.06. The lowest BCUT2D eigenvalue weighted by molar-refractivity contribution is -0.119. The van der Waals surface area contributed by atoms with Gasteiger partial charge in [0, 0.05) is 19.1 Å². The van der Waals surface area contributed by atoms with Crippen LogP contribution >= 0.6 is 0 Å². The van der Waals surface area contributed by atoms with E-state index in [4.69, 9.17) is 0 Å². The van der Waals surface area contributed by atoms with Gasteiger partial charge in [-0.1, -0.05) is 0 Å². The number of aromatic nitrogens is 2. The Morgan fingerprint density at radius 2 is 2.05 bits per heavy atom. The lowest BCUT2D eigenvalue weighted by Crippen LogP contribution is -2.34. The summed E-state index contributed by atoms with van der Waals surface area (Å²) in [5, 5.41) is 3.28. The first-order valence-electron chi connectivity index (χ1n) is 6.34. The predicted octanol–water partition coefficient (Wildman–Crippen LogP) is 2.12. The van der Waals surface area contributed by atoms with E-state index in [1.54, 1.807) is 6.92 Å². The first-order valence-corrected chi connectivity index (χ1v) is 6.34. The molecule has 1 N–H and O–H groups in total. The molecule has 1 aliphatic rings. The van der Waals surface area contributed by atoms with E-state index in [0.717, 1.165) is 10.6 Å². The van der Waals surface area contributed by atoms with Crippen molar-refractivity contribution < 1.29 is 13.2 Å². The SMILES string of the molecule is CCN(CC(F)(F)F)c1cnc(CNC2CC2)cn1. The standard InChI is InChI=1S/C12H17F3N4/c1-2-19(8-12(13,14)15)11-7-17-10(6-18-11)5-16-9-3-4-9/h6-7,9,16H,2-5,8H2,1H3. The maximum Gasteiger partial charge on any atom is 0.405 e. The smallest absolute Gasteiger partial charge is 0.347 e. The Bertz CT molecular complexity index is 400. The van der Waals surface area contributed by atoms with Gasteiger partial charge < -0.3 is 10.2 Å². The van der Waals surface area contributed by atoms with E-state index in [-0.39, 0.29) is 12.4 Å². The van der Waals surface area contributed by atoms with Crippen LogP contribution in [-0.2, 0) is 6.54 Å². The van der Waals surface area contributed by atoms with Crippen LogP contribution < -0.4 is 10.2 Å². The van der Waals surface area contributed by atoms with E-state index in [1.807, 2.05) is 0 Å². The average molecular weight is 274 g/mol. The molecule has 1 heterocycles. The highest BCUT2D eigenvalue weighted by Crippen LogP contribution is 2.21. The van der Waals surface area contributed by atoms with E-state index in [1.165, 1.54) is 25.2 Å². The second-order valence-corrected chi connectivity index (χ2v) is 4.65. The Balaban J connectivity index is 1.94. The summed E-state index contributed by atoms with van der Waals surface area (Å²) in [5.41, 5.74) is 0.749. The Morgan fingerprint density at radius 1 is 1.32 bits per heavy atom. The van der Waals surface area contributed by atoms with Gasteiger partial charge in [0.05, 0.1) is 18.1 Å². The van der Waals surface area contributed by atoms with Crippen molar-refractivity contribution in [1.82, 2.24) is 15.3 Å². The first kappa shape index (κ1) is 14.0. The second-order valence-electron chi connectivity index (χ2n) is 4.65. The molecule has 1 fully saturated rings. The van der Waals surface area contributed by atoms with Crippen LogP contribution in [0.15, 0.2) is 12.4 Å². The van der Waals surface area contributed by atoms with Crippen molar-refractivity contribution in [2.45, 2.75) is 38.5 Å². The number of nitrogens with one attached hydrogen (secondary N) is 1. The van der Waals surface area contributed by atoms with Crippen LogP contribution in [0.5, 0.6) is 0 Å². The number of rotatable bonds is 6. The van der Waals surface area contributed by atoms with E-state index in [0.29, 0.717) is 12.6 Å². The summed E-state index contributed by atoms with van der Waals surface area (Å²) < 4.78 is 37.1. The molecule has 0 aliphatic heterocycles. The van der Waals surface area contributed by atoms with Gasteiger partial charge in [0.15, 0.2) is 0 Å². The van der Waals surface area contributed by atoms with Crippen LogP contribution in [-0.4, -0.2) is 35.3 Å². The lowest BCUT2D eigenvalue weighted by Gasteiger charge is -2.22. The molecule has 0 unspecified atom stereocenters. The molecular weight excluding hydrogens is 257 g/mol. The molecule has 4 nitrogen and oxygen atoms in total. The molecule has 0 bridgehead atoms. The molecule has 0 saturated heterocycles. The monoisotopic (exact) mass is 274 g/mol. The number of halogens is 3. The molecule has 106 valence electrons. The molecule has 0 amide bonds. The molecule has 19 heavy (non-hydrogen) atoms. The molecule has 0 radical (unpaired) electrons. The van der Waals surface area contributed by atoms with E-state index in [2.05, 4.69) is 15.3 Å². The first-order chi connectivity index (χ1) is 8.98. The summed E-state index contributed by atoms with van der Waals surface area (Å²) in [6, 6.07) is 0.568. The normalized spacial score (nSPS) is 15.6. The van der Waals surface area contributed by atoms with Gasteiger partial charge in [-0.25, -0.2) is 4.98 Å². The van der Waals surface area contributed by atoms with Crippen molar-refractivity contribution in [2.75, 3.05) is 18.0 Å². The van der Waals surface area contributed by atoms with Gasteiger partial charge in [0.2, 0.25) is 0 Å². The van der Waals surface area contributed by atoms with Crippen LogP contribution in [0.25, 0.3) is 0 Å². The largest absolute Gasteiger partial charge is 0.405 e. The molecule has 0 atom stereocenters. The quantitative estimate of drug-likeness (QED) is 0.862. The van der Waals surface area contributed by atoms with Crippen LogP contribution in [0.4, 0.5) is 19.0 Å². The van der Waals surface area contributed by atoms with Crippen LogP contribution in [0.1, 0.15) is 25.5 Å². The van der Waals surface area contributed by atoms with Crippen molar-refractivity contribution in [3.05, 3.63) is 18.1 Å². The van der Waals surface area contributed by atoms with Crippen LogP contribution in [0.2, 0.25) is 0 Å². The highest BCUT2D eigenvalue weighted by atomic mass is 19.4. The minimum Gasteiger partial charge on any atom is -0.347 e. The maximum atomic E-state index is 12.4. The fourth-order valence-corrected chi connectivity index (χ4v) is 1.71. The molecule has 1 aromatic rings. The third kappa shape index (κ3) is 4.66. The summed E-state index contributed by atoms with van der Waals surface area (Å²) in [7, 11) is 0. The summed E-state index contributed by atoms with van der Waals surface area (Å²) in [6.45, 7) is 1.52. The molecule has 2 rings (SSSR count). The van der Waals surface area contributed by atoms with E-state index in [9.17, 15) is 13.2 Å². The molecule has 1 aromatic heterocycles. The topological polar surface area (TPSA) is 41.1 Å². The van der Waals surface area contributed by atoms with E-state index < -0.39 is 12.7 Å². The minimum absolute atomic E-state index is 0.244. The highest BCUT2D eigenvalue weighted by molar-refractivity contribution is 5.35. The van der Waals surface area contributed by atoms with Crippen molar-refractivity contribution >= 4 is 5.82 Å². The summed E-state index contributed by atoms with van der Waals surface area (Å²) >= 11 is 0. The Morgan fingerprint density at radius 3 is 2.53 bits per heavy atom. The predicted molar refractivity (Wildman–Crippen MR) is 65.8 cm³/mol. The van der Waals surface area contributed by atoms with Gasteiger partial charge in [-0.3, -0.25) is 4.98 Å². The Kier molecular flexibility index (Phi) is 4.24. The summed E-state index contributed by atoms with van der Waals surface area (Å²) in [5.74, 6) is 0.259. The minimum atomic E-state index is -4.23. The lowest BCUT2D eigenvalue weighted by atomic mass is 10.4. The van der Waals surface area contributed by atoms with Crippen molar-refractivity contribution in [3.8, 4) is 0 Å². The molecule has 7 heteroatoms. The fraction of sp³-hybridized carbons (Fsp3) is 0.667. The van der Waals surface area contributed by atoms with Crippen molar-refractivity contribution in [2.24, 2.45) is 0 Å². The third-order valence-electron chi connectivity index (χ3n) is 2.92. The third-order valence-corrected chi connectivity index (χ3v) is 2.92. The summed E-state index contributed by atoms with van der Waals surface area (Å²) in [4.78, 5) is 9.36. The zero-order chi connectivity index (χ0) is 13.9. The fourth-order valence-electron chi connectivity index (χ4n) is 1.71. The van der Waals surface area contributed by atoms with E-state index >= 15 is 0 Å². The van der Waals surface area contributed by atoms with Crippen molar-refractivity contribution in [1.29, 1.82) is 0 Å². The number of nitrogens with zero attached hydrogens (tertiary/aromatic N) is 3. The van der Waals surface area contributed by atoms with Crippen LogP contribution in [0.3, 0.4) is 0 Å². The van der Waals surface area contributed by atoms with Crippen LogP contribution in [0, 0.1) is 0 Å². The van der Waals surface area contributed by atoms with Gasteiger partial charge in [0.1, 0.15) is 12.4 Å². The van der Waals surface area contributed by atoms with Gasteiger partial charge in [-0.15, -0.1) is 0 Å². The molecule has 0 aromatic carbocycles. The number of anilines is 1. The average Bonchev–Trinajstić information content (AvgIpc) is 3.17. The van der Waals surface area contributed by atoms with Gasteiger partial charge in [-0.05, 0) is 19.8 Å².